The van der Waals surface area contributed by atoms with Crippen molar-refractivity contribution in [3.63, 3.8) is 0 Å². The van der Waals surface area contributed by atoms with E-state index in [2.05, 4.69) is 15.9 Å². The monoisotopic (exact) mass is 545 g/mol. The molecule has 3 aromatic carbocycles. The molecular weight excluding hydrogens is 526 g/mol. The van der Waals surface area contributed by atoms with Crippen LogP contribution in [0.25, 0.3) is 0 Å². The van der Waals surface area contributed by atoms with Crippen molar-refractivity contribution in [3.05, 3.63) is 108 Å². The van der Waals surface area contributed by atoms with E-state index in [9.17, 15) is 28.6 Å². The van der Waals surface area contributed by atoms with Crippen LogP contribution in [-0.2, 0) is 16.4 Å². The second-order valence-electron chi connectivity index (χ2n) is 7.99. The Kier molecular flexibility index (Phi) is 6.52. The molecule has 0 bridgehead atoms. The molecule has 1 aliphatic rings. The first-order valence-corrected chi connectivity index (χ1v) is 12.6. The van der Waals surface area contributed by atoms with Crippen molar-refractivity contribution in [1.82, 2.24) is 4.31 Å². The van der Waals surface area contributed by atoms with Crippen LogP contribution in [-0.4, -0.2) is 22.6 Å². The minimum atomic E-state index is -4.45. The Morgan fingerprint density at radius 1 is 1.00 bits per heavy atom. The molecule has 4 rings (SSSR count). The summed E-state index contributed by atoms with van der Waals surface area (Å²) in [4.78, 5) is 20.7. The average Bonchev–Trinajstić information content (AvgIpc) is 3.22. The van der Waals surface area contributed by atoms with Gasteiger partial charge in [-0.05, 0) is 54.7 Å². The molecule has 0 aromatic heterocycles. The first kappa shape index (κ1) is 24.0. The highest BCUT2D eigenvalue weighted by atomic mass is 79.9. The Morgan fingerprint density at radius 2 is 1.74 bits per heavy atom. The quantitative estimate of drug-likeness (QED) is 0.277. The van der Waals surface area contributed by atoms with E-state index in [0.29, 0.717) is 24.5 Å². The Morgan fingerprint density at radius 3 is 2.41 bits per heavy atom. The zero-order valence-corrected chi connectivity index (χ0v) is 20.4. The van der Waals surface area contributed by atoms with Crippen molar-refractivity contribution in [3.8, 4) is 0 Å². The van der Waals surface area contributed by atoms with E-state index in [4.69, 9.17) is 0 Å². The maximum atomic E-state index is 14.1. The molecule has 0 amide bonds. The molecule has 9 nitrogen and oxygen atoms in total. The molecule has 0 saturated heterocycles. The number of aryl methyl sites for hydroxylation is 1. The van der Waals surface area contributed by atoms with Crippen LogP contribution in [0.4, 0.5) is 11.4 Å². The number of sulfonamides is 1. The van der Waals surface area contributed by atoms with Crippen molar-refractivity contribution in [2.24, 2.45) is 0 Å². The van der Waals surface area contributed by atoms with E-state index in [0.717, 1.165) is 27.7 Å². The van der Waals surface area contributed by atoms with Crippen LogP contribution in [0.15, 0.2) is 76.1 Å². The molecule has 0 spiro atoms. The van der Waals surface area contributed by atoms with Crippen LogP contribution in [0.5, 0.6) is 0 Å². The number of nitrogens with zero attached hydrogens (tertiary/aromatic N) is 3. The van der Waals surface area contributed by atoms with Gasteiger partial charge in [-0.15, -0.1) is 0 Å². The van der Waals surface area contributed by atoms with Gasteiger partial charge in [-0.25, -0.2) is 8.42 Å². The van der Waals surface area contributed by atoms with E-state index in [1.54, 1.807) is 25.1 Å². The number of nitro benzene ring substituents is 2. The fraction of sp³-hybridized carbons (Fsp3) is 0.217. The first-order valence-electron chi connectivity index (χ1n) is 10.4. The van der Waals surface area contributed by atoms with Gasteiger partial charge in [0.15, 0.2) is 4.90 Å². The van der Waals surface area contributed by atoms with Crippen LogP contribution < -0.4 is 0 Å². The molecule has 34 heavy (non-hydrogen) atoms. The lowest BCUT2D eigenvalue weighted by Gasteiger charge is -2.34. The molecular formula is C23H20BrN3O6S. The van der Waals surface area contributed by atoms with Crippen molar-refractivity contribution in [1.29, 1.82) is 0 Å². The predicted molar refractivity (Wildman–Crippen MR) is 129 cm³/mol. The van der Waals surface area contributed by atoms with Gasteiger partial charge < -0.3 is 0 Å². The van der Waals surface area contributed by atoms with Crippen LogP contribution in [0.3, 0.4) is 0 Å². The zero-order chi connectivity index (χ0) is 24.6. The number of rotatable bonds is 7. The smallest absolute Gasteiger partial charge is 0.258 e. The molecule has 176 valence electrons. The fourth-order valence-corrected chi connectivity index (χ4v) is 6.83. The molecule has 0 saturated carbocycles. The Labute approximate surface area is 204 Å². The zero-order valence-electron chi connectivity index (χ0n) is 18.0. The highest BCUT2D eigenvalue weighted by Gasteiger charge is 2.42. The van der Waals surface area contributed by atoms with Crippen LogP contribution in [0.1, 0.15) is 42.1 Å². The van der Waals surface area contributed by atoms with Crippen LogP contribution >= 0.6 is 15.9 Å². The third kappa shape index (κ3) is 4.33. The van der Waals surface area contributed by atoms with Gasteiger partial charge in [0.1, 0.15) is 0 Å². The lowest BCUT2D eigenvalue weighted by Crippen LogP contribution is -2.36. The molecule has 0 radical (unpaired) electrons. The van der Waals surface area contributed by atoms with Gasteiger partial charge in [-0.1, -0.05) is 52.3 Å². The number of hydrogen-bond donors (Lipinski definition) is 0. The van der Waals surface area contributed by atoms with Crippen molar-refractivity contribution in [2.75, 3.05) is 0 Å². The van der Waals surface area contributed by atoms with E-state index in [1.807, 2.05) is 30.3 Å². The SMILES string of the molecule is C[C@@H](c1cccc(Br)c1)N(C1CCc2ccccc21)S(=O)(=O)c1ccc([N+](=O)[O-])cc1[N+](=O)[O-]. The number of fused-ring (bicyclic) bond motifs is 1. The van der Waals surface area contributed by atoms with Crippen molar-refractivity contribution in [2.45, 2.75) is 36.7 Å². The first-order chi connectivity index (χ1) is 16.1. The second-order valence-corrected chi connectivity index (χ2v) is 10.7. The Hall–Kier alpha value is -3.15. The van der Waals surface area contributed by atoms with E-state index >= 15 is 0 Å². The normalized spacial score (nSPS) is 16.3. The summed E-state index contributed by atoms with van der Waals surface area (Å²) in [5, 5.41) is 22.9. The number of nitro groups is 2. The minimum absolute atomic E-state index is 0.512. The summed E-state index contributed by atoms with van der Waals surface area (Å²) in [7, 11) is -4.45. The van der Waals surface area contributed by atoms with Gasteiger partial charge in [-0.2, -0.15) is 4.31 Å². The molecule has 0 heterocycles. The summed E-state index contributed by atoms with van der Waals surface area (Å²) in [6.45, 7) is 1.73. The highest BCUT2D eigenvalue weighted by molar-refractivity contribution is 9.10. The summed E-state index contributed by atoms with van der Waals surface area (Å²) in [5.41, 5.74) is 1.19. The number of benzene rings is 3. The lowest BCUT2D eigenvalue weighted by molar-refractivity contribution is -0.396. The van der Waals surface area contributed by atoms with Crippen molar-refractivity contribution >= 4 is 37.3 Å². The largest absolute Gasteiger partial charge is 0.296 e. The highest BCUT2D eigenvalue weighted by Crippen LogP contribution is 2.45. The molecule has 1 unspecified atom stereocenters. The topological polar surface area (TPSA) is 124 Å². The summed E-state index contributed by atoms with van der Waals surface area (Å²) >= 11 is 3.42. The van der Waals surface area contributed by atoms with Crippen LogP contribution in [0.2, 0.25) is 0 Å². The molecule has 11 heteroatoms. The maximum Gasteiger partial charge on any atom is 0.296 e. The van der Waals surface area contributed by atoms with Gasteiger partial charge in [0, 0.05) is 16.6 Å². The number of halogens is 1. The predicted octanol–water partition coefficient (Wildman–Crippen LogP) is 5.70. The fourth-order valence-electron chi connectivity index (χ4n) is 4.45. The average molecular weight is 546 g/mol. The van der Waals surface area contributed by atoms with Gasteiger partial charge in [-0.3, -0.25) is 20.2 Å². The molecule has 0 aliphatic heterocycles. The van der Waals surface area contributed by atoms with Gasteiger partial charge in [0.05, 0.1) is 22.0 Å². The van der Waals surface area contributed by atoms with Gasteiger partial charge in [0.2, 0.25) is 0 Å². The molecule has 0 fully saturated rings. The number of hydrogen-bond acceptors (Lipinski definition) is 6. The molecule has 1 aliphatic carbocycles. The summed E-state index contributed by atoms with van der Waals surface area (Å²) < 4.78 is 30.2. The molecule has 0 N–H and O–H groups in total. The lowest BCUT2D eigenvalue weighted by atomic mass is 10.0. The minimum Gasteiger partial charge on any atom is -0.258 e. The van der Waals surface area contributed by atoms with E-state index in [1.165, 1.54) is 4.31 Å². The summed E-state index contributed by atoms with van der Waals surface area (Å²) in [6.07, 6.45) is 1.18. The standard InChI is InChI=1S/C23H20BrN3O6S/c1-15(17-6-4-7-18(24)13-17)25(21-11-9-16-5-2-3-8-20(16)21)34(32,33)23-12-10-19(26(28)29)14-22(23)27(30)31/h2-8,10,12-15,21H,9,11H2,1H3/t15-,21?/m0/s1. The Bertz CT molecular complexity index is 1390. The third-order valence-corrected chi connectivity index (χ3v) is 8.55. The molecule has 2 atom stereocenters. The Balaban J connectivity index is 1.92. The van der Waals surface area contributed by atoms with Gasteiger partial charge in [0.25, 0.3) is 21.4 Å². The summed E-state index contributed by atoms with van der Waals surface area (Å²) in [5.74, 6) is 0. The van der Waals surface area contributed by atoms with E-state index in [-0.39, 0.29) is 0 Å². The molecule has 3 aromatic rings. The maximum absolute atomic E-state index is 14.1. The second kappa shape index (κ2) is 9.24. The third-order valence-electron chi connectivity index (χ3n) is 6.03. The number of non-ortho nitro benzene ring substituents is 1. The van der Waals surface area contributed by atoms with Gasteiger partial charge >= 0.3 is 0 Å². The van der Waals surface area contributed by atoms with Crippen molar-refractivity contribution < 1.29 is 18.3 Å². The van der Waals surface area contributed by atoms with E-state index < -0.39 is 48.2 Å². The van der Waals surface area contributed by atoms with Crippen LogP contribution in [0, 0.1) is 20.2 Å². The summed E-state index contributed by atoms with van der Waals surface area (Å²) in [6, 6.07) is 16.1.